The van der Waals surface area contributed by atoms with Crippen LogP contribution in [0.5, 0.6) is 0 Å². The molecule has 1 aliphatic carbocycles. The van der Waals surface area contributed by atoms with E-state index in [1.54, 1.807) is 6.54 Å². The quantitative estimate of drug-likeness (QED) is 0.605. The summed E-state index contributed by atoms with van der Waals surface area (Å²) in [6.07, 6.45) is 5.87. The van der Waals surface area contributed by atoms with Gasteiger partial charge in [0, 0.05) is 0 Å². The molecule has 0 aromatic heterocycles. The lowest BCUT2D eigenvalue weighted by atomic mass is 9.89. The first-order valence-electron chi connectivity index (χ1n) is 4.64. The number of amides is 2. The molecule has 1 saturated carbocycles. The molecule has 0 unspecified atom stereocenters. The van der Waals surface area contributed by atoms with Crippen LogP contribution in [0.25, 0.3) is 0 Å². The Bertz CT molecular complexity index is 198. The number of nitrogens with two attached hydrogens (primary N) is 1. The summed E-state index contributed by atoms with van der Waals surface area (Å²) in [6, 6.07) is 0. The Morgan fingerprint density at radius 2 is 1.85 bits per heavy atom. The van der Waals surface area contributed by atoms with Crippen molar-refractivity contribution in [1.29, 1.82) is 0 Å². The van der Waals surface area contributed by atoms with Crippen molar-refractivity contribution in [2.75, 3.05) is 0 Å². The van der Waals surface area contributed by atoms with Crippen molar-refractivity contribution in [2.24, 2.45) is 11.7 Å². The first-order chi connectivity index (χ1) is 6.20. The standard InChI is InChI=1S/C9H15N2O2/c10-8(12)9(13)11-6-7-4-2-1-3-5-7/h6-7H,1-5H2,(H2,10,12)(H,11,13). The molecule has 3 N–H and O–H groups in total. The van der Waals surface area contributed by atoms with Crippen LogP contribution in [0.2, 0.25) is 0 Å². The average Bonchev–Trinajstić information content (AvgIpc) is 2.15. The molecule has 0 aliphatic heterocycles. The van der Waals surface area contributed by atoms with Crippen LogP contribution in [0, 0.1) is 12.5 Å². The normalized spacial score (nSPS) is 18.2. The zero-order chi connectivity index (χ0) is 9.68. The molecule has 4 nitrogen and oxygen atoms in total. The van der Waals surface area contributed by atoms with Gasteiger partial charge in [0.15, 0.2) is 0 Å². The van der Waals surface area contributed by atoms with Gasteiger partial charge in [0.05, 0.1) is 6.54 Å². The number of hydrogen-bond donors (Lipinski definition) is 2. The largest absolute Gasteiger partial charge is 0.361 e. The van der Waals surface area contributed by atoms with Gasteiger partial charge in [-0.05, 0) is 18.8 Å². The van der Waals surface area contributed by atoms with Crippen LogP contribution in [0.15, 0.2) is 0 Å². The topological polar surface area (TPSA) is 72.2 Å². The van der Waals surface area contributed by atoms with Gasteiger partial charge in [-0.15, -0.1) is 0 Å². The highest BCUT2D eigenvalue weighted by Gasteiger charge is 2.16. The number of rotatable bonds is 2. The number of carbonyl (C=O) groups excluding carboxylic acids is 2. The highest BCUT2D eigenvalue weighted by atomic mass is 16.2. The fourth-order valence-electron chi connectivity index (χ4n) is 1.57. The average molecular weight is 183 g/mol. The van der Waals surface area contributed by atoms with Crippen molar-refractivity contribution in [3.63, 3.8) is 0 Å². The Morgan fingerprint density at radius 1 is 1.23 bits per heavy atom. The molecule has 0 aromatic carbocycles. The molecule has 1 rings (SSSR count). The number of primary amides is 1. The molecule has 4 heteroatoms. The monoisotopic (exact) mass is 183 g/mol. The van der Waals surface area contributed by atoms with Crippen LogP contribution < -0.4 is 11.1 Å². The second kappa shape index (κ2) is 4.84. The Labute approximate surface area is 77.9 Å². The molecule has 0 aromatic rings. The van der Waals surface area contributed by atoms with Crippen LogP contribution >= 0.6 is 0 Å². The molecule has 1 fully saturated rings. The van der Waals surface area contributed by atoms with E-state index in [0.717, 1.165) is 12.8 Å². The van der Waals surface area contributed by atoms with Gasteiger partial charge in [-0.25, -0.2) is 0 Å². The van der Waals surface area contributed by atoms with E-state index < -0.39 is 11.8 Å². The molecule has 0 atom stereocenters. The van der Waals surface area contributed by atoms with E-state index in [1.165, 1.54) is 19.3 Å². The maximum Gasteiger partial charge on any atom is 0.309 e. The first-order valence-corrected chi connectivity index (χ1v) is 4.64. The van der Waals surface area contributed by atoms with Crippen molar-refractivity contribution in [2.45, 2.75) is 32.1 Å². The van der Waals surface area contributed by atoms with E-state index in [9.17, 15) is 9.59 Å². The van der Waals surface area contributed by atoms with Crippen molar-refractivity contribution in [3.8, 4) is 0 Å². The molecule has 1 aliphatic rings. The molecular weight excluding hydrogens is 168 g/mol. The van der Waals surface area contributed by atoms with Crippen molar-refractivity contribution in [1.82, 2.24) is 5.32 Å². The molecule has 73 valence electrons. The fraction of sp³-hybridized carbons (Fsp3) is 0.667. The molecular formula is C9H15N2O2. The summed E-state index contributed by atoms with van der Waals surface area (Å²) in [7, 11) is 0. The Balaban J connectivity index is 2.17. The lowest BCUT2D eigenvalue weighted by Crippen LogP contribution is -2.36. The lowest BCUT2D eigenvalue weighted by Gasteiger charge is -2.20. The van der Waals surface area contributed by atoms with Crippen LogP contribution in [0.4, 0.5) is 0 Å². The number of hydrogen-bond acceptors (Lipinski definition) is 2. The van der Waals surface area contributed by atoms with E-state index in [-0.39, 0.29) is 0 Å². The van der Waals surface area contributed by atoms with Gasteiger partial charge < -0.3 is 11.1 Å². The van der Waals surface area contributed by atoms with Crippen LogP contribution in [0.3, 0.4) is 0 Å². The maximum absolute atomic E-state index is 10.8. The first kappa shape index (κ1) is 10.0. The minimum Gasteiger partial charge on any atom is -0.361 e. The smallest absolute Gasteiger partial charge is 0.309 e. The van der Waals surface area contributed by atoms with E-state index in [1.807, 2.05) is 0 Å². The SMILES string of the molecule is NC(=O)C(=O)N[CH]C1CCCCC1. The van der Waals surface area contributed by atoms with E-state index in [4.69, 9.17) is 5.73 Å². The molecule has 0 heterocycles. The molecule has 2 amide bonds. The highest BCUT2D eigenvalue weighted by Crippen LogP contribution is 2.24. The van der Waals surface area contributed by atoms with Crippen LogP contribution in [0.1, 0.15) is 32.1 Å². The highest BCUT2D eigenvalue weighted by molar-refractivity contribution is 6.34. The third-order valence-corrected chi connectivity index (χ3v) is 2.32. The summed E-state index contributed by atoms with van der Waals surface area (Å²) in [5, 5.41) is 2.41. The van der Waals surface area contributed by atoms with Gasteiger partial charge in [0.1, 0.15) is 0 Å². The summed E-state index contributed by atoms with van der Waals surface area (Å²) in [4.78, 5) is 21.1. The predicted molar refractivity (Wildman–Crippen MR) is 48.2 cm³/mol. The second-order valence-corrected chi connectivity index (χ2v) is 3.40. The summed E-state index contributed by atoms with van der Waals surface area (Å²) >= 11 is 0. The summed E-state index contributed by atoms with van der Waals surface area (Å²) < 4.78 is 0. The van der Waals surface area contributed by atoms with E-state index >= 15 is 0 Å². The third-order valence-electron chi connectivity index (χ3n) is 2.32. The fourth-order valence-corrected chi connectivity index (χ4v) is 1.57. The molecule has 13 heavy (non-hydrogen) atoms. The zero-order valence-corrected chi connectivity index (χ0v) is 7.58. The Hall–Kier alpha value is -1.06. The predicted octanol–water partition coefficient (Wildman–Crippen LogP) is 0.330. The van der Waals surface area contributed by atoms with E-state index in [2.05, 4.69) is 5.32 Å². The van der Waals surface area contributed by atoms with Crippen molar-refractivity contribution < 1.29 is 9.59 Å². The minimum absolute atomic E-state index is 0.414. The Kier molecular flexibility index (Phi) is 3.73. The minimum atomic E-state index is -0.924. The van der Waals surface area contributed by atoms with Gasteiger partial charge in [-0.3, -0.25) is 9.59 Å². The zero-order valence-electron chi connectivity index (χ0n) is 7.58. The molecule has 0 spiro atoms. The van der Waals surface area contributed by atoms with Gasteiger partial charge >= 0.3 is 11.8 Å². The van der Waals surface area contributed by atoms with Gasteiger partial charge in [-0.1, -0.05) is 19.3 Å². The summed E-state index contributed by atoms with van der Waals surface area (Å²) in [5.74, 6) is -1.23. The van der Waals surface area contributed by atoms with Crippen molar-refractivity contribution in [3.05, 3.63) is 6.54 Å². The van der Waals surface area contributed by atoms with E-state index in [0.29, 0.717) is 5.92 Å². The maximum atomic E-state index is 10.8. The van der Waals surface area contributed by atoms with Crippen molar-refractivity contribution >= 4 is 11.8 Å². The molecule has 0 saturated heterocycles. The van der Waals surface area contributed by atoms with Gasteiger partial charge in [-0.2, -0.15) is 0 Å². The Morgan fingerprint density at radius 3 is 2.38 bits per heavy atom. The van der Waals surface area contributed by atoms with Gasteiger partial charge in [0.2, 0.25) is 0 Å². The second-order valence-electron chi connectivity index (χ2n) is 3.40. The number of carbonyl (C=O) groups is 2. The molecule has 1 radical (unpaired) electrons. The number of nitrogens with one attached hydrogen (secondary N) is 1. The van der Waals surface area contributed by atoms with Crippen LogP contribution in [-0.2, 0) is 9.59 Å². The summed E-state index contributed by atoms with van der Waals surface area (Å²) in [5.41, 5.74) is 4.78. The van der Waals surface area contributed by atoms with Gasteiger partial charge in [0.25, 0.3) is 0 Å². The van der Waals surface area contributed by atoms with Crippen LogP contribution in [-0.4, -0.2) is 11.8 Å². The lowest BCUT2D eigenvalue weighted by molar-refractivity contribution is -0.137. The summed E-state index contributed by atoms with van der Waals surface area (Å²) in [6.45, 7) is 1.70. The third kappa shape index (κ3) is 3.44. The molecule has 0 bridgehead atoms.